The summed E-state index contributed by atoms with van der Waals surface area (Å²) in [4.78, 5) is 5.67. The summed E-state index contributed by atoms with van der Waals surface area (Å²) in [5.74, 6) is 0.305. The van der Waals surface area contributed by atoms with Crippen LogP contribution in [0.3, 0.4) is 0 Å². The zero-order valence-electron chi connectivity index (χ0n) is 29.6. The van der Waals surface area contributed by atoms with Crippen LogP contribution in [-0.4, -0.2) is 5.71 Å². The van der Waals surface area contributed by atoms with Crippen LogP contribution in [0, 0.1) is 5.92 Å². The molecule has 244 valence electrons. The highest BCUT2D eigenvalue weighted by Crippen LogP contribution is 2.50. The number of benzene rings is 6. The molecule has 6 aromatic rings. The average molecular weight is 639 g/mol. The predicted molar refractivity (Wildman–Crippen MR) is 208 cm³/mol. The molecular formula is C47H46N2. The fourth-order valence-electron chi connectivity index (χ4n) is 8.37. The first-order valence-corrected chi connectivity index (χ1v) is 17.9. The highest BCUT2D eigenvalue weighted by atomic mass is 15.1. The first kappa shape index (κ1) is 31.5. The van der Waals surface area contributed by atoms with Gasteiger partial charge in [-0.3, -0.25) is 10.3 Å². The molecule has 2 atom stereocenters. The molecule has 0 aromatic heterocycles. The second-order valence-corrected chi connectivity index (χ2v) is 15.2. The molecule has 0 aliphatic heterocycles. The molecule has 0 fully saturated rings. The number of rotatable bonds is 8. The molecule has 0 amide bonds. The van der Waals surface area contributed by atoms with E-state index in [-0.39, 0.29) is 17.0 Å². The Morgan fingerprint density at radius 3 is 1.84 bits per heavy atom. The van der Waals surface area contributed by atoms with E-state index in [1.807, 2.05) is 0 Å². The van der Waals surface area contributed by atoms with Gasteiger partial charge in [-0.1, -0.05) is 163 Å². The van der Waals surface area contributed by atoms with Gasteiger partial charge in [-0.25, -0.2) is 0 Å². The zero-order valence-corrected chi connectivity index (χ0v) is 29.6. The number of nitrogens with zero attached hydrogens (tertiary/aromatic N) is 1. The van der Waals surface area contributed by atoms with Crippen molar-refractivity contribution in [3.8, 4) is 22.3 Å². The van der Waals surface area contributed by atoms with Gasteiger partial charge in [0.25, 0.3) is 0 Å². The minimum atomic E-state index is -0.209. The smallest absolute Gasteiger partial charge is 0.126 e. The van der Waals surface area contributed by atoms with Crippen molar-refractivity contribution in [1.82, 2.24) is 5.32 Å². The van der Waals surface area contributed by atoms with Crippen molar-refractivity contribution < 1.29 is 0 Å². The van der Waals surface area contributed by atoms with E-state index in [9.17, 15) is 0 Å². The van der Waals surface area contributed by atoms with E-state index >= 15 is 0 Å². The van der Waals surface area contributed by atoms with Gasteiger partial charge < -0.3 is 0 Å². The van der Waals surface area contributed by atoms with Gasteiger partial charge in [-0.2, -0.15) is 0 Å². The molecule has 2 heteroatoms. The number of hydrogen-bond acceptors (Lipinski definition) is 2. The van der Waals surface area contributed by atoms with Crippen LogP contribution in [0.25, 0.3) is 33.0 Å². The van der Waals surface area contributed by atoms with Gasteiger partial charge in [0.05, 0.1) is 0 Å². The average Bonchev–Trinajstić information content (AvgIpc) is 3.50. The van der Waals surface area contributed by atoms with Crippen molar-refractivity contribution in [1.29, 1.82) is 0 Å². The SMILES string of the molecule is CCC(C)/C(=N\C(NCc1ccc2c(c1)C(C)(C)c1ccccc1-2)c1ccc2c(c1)C(C)(C)c1ccccc1-2)c1ccc2ccccc2c1. The summed E-state index contributed by atoms with van der Waals surface area (Å²) >= 11 is 0. The molecule has 2 aliphatic rings. The molecule has 0 saturated carbocycles. The Kier molecular flexibility index (Phi) is 7.69. The van der Waals surface area contributed by atoms with Gasteiger partial charge in [-0.15, -0.1) is 0 Å². The van der Waals surface area contributed by atoms with Gasteiger partial charge in [0.15, 0.2) is 0 Å². The molecule has 8 rings (SSSR count). The topological polar surface area (TPSA) is 24.4 Å². The normalized spacial score (nSPS) is 16.5. The molecule has 0 spiro atoms. The third kappa shape index (κ3) is 5.25. The van der Waals surface area contributed by atoms with Gasteiger partial charge in [0, 0.05) is 23.1 Å². The molecule has 1 N–H and O–H groups in total. The molecule has 0 saturated heterocycles. The minimum absolute atomic E-state index is 0.0279. The van der Waals surface area contributed by atoms with Crippen LogP contribution in [0.1, 0.15) is 93.1 Å². The standard InChI is InChI=1S/C47H46N2/c1-7-30(2)44(34-22-21-32-14-8-9-15-33(32)27-34)49-45(35-23-25-39-37-17-11-13-19-41(37)47(5,6)43(39)28-35)48-29-31-20-24-38-36-16-10-12-18-40(36)46(3,4)42(38)26-31/h8-28,30,45,48H,7,29H2,1-6H3/b49-44+. The highest BCUT2D eigenvalue weighted by molar-refractivity contribution is 6.05. The largest absolute Gasteiger partial charge is 0.288 e. The Labute approximate surface area is 292 Å². The monoisotopic (exact) mass is 638 g/mol. The number of aliphatic imine (C=N–C) groups is 1. The molecular weight excluding hydrogens is 593 g/mol. The Hall–Kier alpha value is -4.79. The lowest BCUT2D eigenvalue weighted by Crippen LogP contribution is -2.24. The number of fused-ring (bicyclic) bond motifs is 7. The van der Waals surface area contributed by atoms with Gasteiger partial charge in [0.2, 0.25) is 0 Å². The fourth-order valence-corrected chi connectivity index (χ4v) is 8.37. The summed E-state index contributed by atoms with van der Waals surface area (Å²) in [6.45, 7) is 14.7. The number of hydrogen-bond donors (Lipinski definition) is 1. The molecule has 0 radical (unpaired) electrons. The van der Waals surface area contributed by atoms with Crippen LogP contribution in [-0.2, 0) is 17.4 Å². The van der Waals surface area contributed by atoms with Crippen molar-refractivity contribution in [2.75, 3.05) is 0 Å². The van der Waals surface area contributed by atoms with Gasteiger partial charge in [-0.05, 0) is 90.4 Å². The molecule has 2 unspecified atom stereocenters. The first-order chi connectivity index (χ1) is 23.7. The van der Waals surface area contributed by atoms with E-state index in [1.54, 1.807) is 0 Å². The molecule has 0 bridgehead atoms. The lowest BCUT2D eigenvalue weighted by atomic mass is 9.82. The maximum atomic E-state index is 5.67. The van der Waals surface area contributed by atoms with Crippen LogP contribution in [0.15, 0.2) is 132 Å². The van der Waals surface area contributed by atoms with E-state index in [0.717, 1.165) is 18.7 Å². The second-order valence-electron chi connectivity index (χ2n) is 15.2. The van der Waals surface area contributed by atoms with Crippen LogP contribution in [0.5, 0.6) is 0 Å². The van der Waals surface area contributed by atoms with Crippen molar-refractivity contribution in [2.24, 2.45) is 10.9 Å². The zero-order chi connectivity index (χ0) is 33.9. The minimum Gasteiger partial charge on any atom is -0.288 e. The second kappa shape index (κ2) is 12.0. The maximum absolute atomic E-state index is 5.67. The van der Waals surface area contributed by atoms with Crippen molar-refractivity contribution in [2.45, 2.75) is 71.5 Å². The van der Waals surface area contributed by atoms with E-state index in [4.69, 9.17) is 4.99 Å². The lowest BCUT2D eigenvalue weighted by Gasteiger charge is -2.25. The Morgan fingerprint density at radius 2 is 1.16 bits per heavy atom. The van der Waals surface area contributed by atoms with E-state index in [1.165, 1.54) is 72.0 Å². The molecule has 0 heterocycles. The number of nitrogens with one attached hydrogen (secondary N) is 1. The van der Waals surface area contributed by atoms with E-state index < -0.39 is 0 Å². The predicted octanol–water partition coefficient (Wildman–Crippen LogP) is 11.8. The van der Waals surface area contributed by atoms with Crippen molar-refractivity contribution in [3.63, 3.8) is 0 Å². The van der Waals surface area contributed by atoms with Crippen LogP contribution in [0.2, 0.25) is 0 Å². The van der Waals surface area contributed by atoms with Crippen molar-refractivity contribution in [3.05, 3.63) is 166 Å². The van der Waals surface area contributed by atoms with Crippen molar-refractivity contribution >= 4 is 16.5 Å². The van der Waals surface area contributed by atoms with E-state index in [0.29, 0.717) is 5.92 Å². The third-order valence-corrected chi connectivity index (χ3v) is 11.5. The highest BCUT2D eigenvalue weighted by Gasteiger charge is 2.37. The summed E-state index contributed by atoms with van der Waals surface area (Å²) in [7, 11) is 0. The fraction of sp³-hybridized carbons (Fsp3) is 0.255. The maximum Gasteiger partial charge on any atom is 0.126 e. The summed E-state index contributed by atoms with van der Waals surface area (Å²) in [6, 6.07) is 47.3. The Balaban J connectivity index is 1.21. The summed E-state index contributed by atoms with van der Waals surface area (Å²) in [5, 5.41) is 6.47. The van der Waals surface area contributed by atoms with Crippen LogP contribution >= 0.6 is 0 Å². The van der Waals surface area contributed by atoms with Crippen LogP contribution in [0.4, 0.5) is 0 Å². The van der Waals surface area contributed by atoms with Gasteiger partial charge >= 0.3 is 0 Å². The lowest BCUT2D eigenvalue weighted by molar-refractivity contribution is 0.546. The molecule has 6 aromatic carbocycles. The Bertz CT molecular complexity index is 2250. The van der Waals surface area contributed by atoms with Crippen LogP contribution < -0.4 is 5.32 Å². The van der Waals surface area contributed by atoms with E-state index in [2.05, 4.69) is 174 Å². The third-order valence-electron chi connectivity index (χ3n) is 11.5. The molecule has 2 nitrogen and oxygen atoms in total. The first-order valence-electron chi connectivity index (χ1n) is 17.9. The molecule has 2 aliphatic carbocycles. The summed E-state index contributed by atoms with van der Waals surface area (Å²) < 4.78 is 0. The molecule has 49 heavy (non-hydrogen) atoms. The summed E-state index contributed by atoms with van der Waals surface area (Å²) in [5.41, 5.74) is 15.7. The summed E-state index contributed by atoms with van der Waals surface area (Å²) in [6.07, 6.45) is 0.810. The Morgan fingerprint density at radius 1 is 0.592 bits per heavy atom. The van der Waals surface area contributed by atoms with Gasteiger partial charge in [0.1, 0.15) is 6.17 Å². The quantitative estimate of drug-likeness (QED) is 0.165.